The molecule has 2 rings (SSSR count). The third-order valence-electron chi connectivity index (χ3n) is 3.54. The molecule has 1 saturated heterocycles. The summed E-state index contributed by atoms with van der Waals surface area (Å²) in [5.74, 6) is -0.573. The van der Waals surface area contributed by atoms with Gasteiger partial charge in [-0.3, -0.25) is 9.69 Å². The Hall–Kier alpha value is -1.60. The summed E-state index contributed by atoms with van der Waals surface area (Å²) in [5, 5.41) is 0. The fourth-order valence-corrected chi connectivity index (χ4v) is 2.34. The Morgan fingerprint density at radius 2 is 2.19 bits per heavy atom. The normalized spacial score (nSPS) is 24.0. The monoisotopic (exact) mass is 302 g/mol. The molecular weight excluding hydrogens is 285 g/mol. The van der Waals surface area contributed by atoms with Crippen LogP contribution in [0.25, 0.3) is 0 Å². The number of carbonyl (C=O) groups is 1. The molecule has 1 heterocycles. The van der Waals surface area contributed by atoms with Gasteiger partial charge in [0, 0.05) is 19.6 Å². The van der Waals surface area contributed by atoms with Gasteiger partial charge < -0.3 is 10.5 Å². The van der Waals surface area contributed by atoms with Crippen molar-refractivity contribution in [3.05, 3.63) is 35.4 Å². The van der Waals surface area contributed by atoms with Crippen LogP contribution < -0.4 is 5.73 Å². The van der Waals surface area contributed by atoms with E-state index in [1.165, 1.54) is 6.07 Å². The van der Waals surface area contributed by atoms with Crippen molar-refractivity contribution >= 4 is 5.91 Å². The van der Waals surface area contributed by atoms with Gasteiger partial charge >= 0.3 is 6.18 Å². The van der Waals surface area contributed by atoms with Gasteiger partial charge in [-0.25, -0.2) is 0 Å². The molecule has 0 bridgehead atoms. The van der Waals surface area contributed by atoms with Crippen LogP contribution in [0, 0.1) is 0 Å². The molecular formula is C14H17F3N2O2. The van der Waals surface area contributed by atoms with Crippen LogP contribution in [0.2, 0.25) is 0 Å². The van der Waals surface area contributed by atoms with Crippen molar-refractivity contribution in [2.45, 2.75) is 25.2 Å². The fraction of sp³-hybridized carbons (Fsp3) is 0.500. The molecule has 1 aromatic carbocycles. The summed E-state index contributed by atoms with van der Waals surface area (Å²) < 4.78 is 43.4. The van der Waals surface area contributed by atoms with E-state index in [0.717, 1.165) is 12.1 Å². The first-order valence-corrected chi connectivity index (χ1v) is 6.53. The van der Waals surface area contributed by atoms with Gasteiger partial charge in [-0.2, -0.15) is 13.2 Å². The maximum atomic E-state index is 12.7. The largest absolute Gasteiger partial charge is 0.416 e. The highest BCUT2D eigenvalue weighted by Gasteiger charge is 2.37. The number of morpholine rings is 1. The molecule has 1 aliphatic heterocycles. The van der Waals surface area contributed by atoms with E-state index < -0.39 is 23.2 Å². The van der Waals surface area contributed by atoms with Gasteiger partial charge in [0.2, 0.25) is 0 Å². The SMILES string of the molecule is CC1(C(N)=O)CN(Cc2cccc(C(F)(F)F)c2)CCO1. The first-order chi connectivity index (χ1) is 9.71. The molecule has 1 aliphatic rings. The average molecular weight is 302 g/mol. The van der Waals surface area contributed by atoms with Gasteiger partial charge in [-0.1, -0.05) is 18.2 Å². The molecule has 1 atom stereocenters. The van der Waals surface area contributed by atoms with E-state index in [1.54, 1.807) is 13.0 Å². The van der Waals surface area contributed by atoms with Gasteiger partial charge in [0.1, 0.15) is 0 Å². The van der Waals surface area contributed by atoms with Crippen molar-refractivity contribution in [2.75, 3.05) is 19.7 Å². The number of ether oxygens (including phenoxy) is 1. The smallest absolute Gasteiger partial charge is 0.367 e. The third-order valence-corrected chi connectivity index (χ3v) is 3.54. The summed E-state index contributed by atoms with van der Waals surface area (Å²) in [6.07, 6.45) is -4.36. The van der Waals surface area contributed by atoms with Crippen molar-refractivity contribution in [1.82, 2.24) is 4.90 Å². The lowest BCUT2D eigenvalue weighted by Gasteiger charge is -2.38. The van der Waals surface area contributed by atoms with Crippen LogP contribution in [0.5, 0.6) is 0 Å². The molecule has 0 spiro atoms. The molecule has 1 fully saturated rings. The zero-order chi connectivity index (χ0) is 15.7. The van der Waals surface area contributed by atoms with E-state index in [0.29, 0.717) is 25.3 Å². The lowest BCUT2D eigenvalue weighted by Crippen LogP contribution is -2.56. The molecule has 0 radical (unpaired) electrons. The highest BCUT2D eigenvalue weighted by atomic mass is 19.4. The Kier molecular flexibility index (Phi) is 4.25. The second-order valence-corrected chi connectivity index (χ2v) is 5.35. The number of hydrogen-bond donors (Lipinski definition) is 1. The number of benzene rings is 1. The maximum Gasteiger partial charge on any atom is 0.416 e. The molecule has 4 nitrogen and oxygen atoms in total. The van der Waals surface area contributed by atoms with Gasteiger partial charge in [0.05, 0.1) is 12.2 Å². The van der Waals surface area contributed by atoms with Crippen LogP contribution in [0.15, 0.2) is 24.3 Å². The number of carbonyl (C=O) groups excluding carboxylic acids is 1. The van der Waals surface area contributed by atoms with Gasteiger partial charge in [0.25, 0.3) is 5.91 Å². The summed E-state index contributed by atoms with van der Waals surface area (Å²) in [7, 11) is 0. The lowest BCUT2D eigenvalue weighted by molar-refractivity contribution is -0.153. The molecule has 2 N–H and O–H groups in total. The Morgan fingerprint density at radius 1 is 1.48 bits per heavy atom. The summed E-state index contributed by atoms with van der Waals surface area (Å²) in [5.41, 5.74) is 4.07. The fourth-order valence-electron chi connectivity index (χ4n) is 2.34. The number of halogens is 3. The van der Waals surface area contributed by atoms with Crippen LogP contribution >= 0.6 is 0 Å². The highest BCUT2D eigenvalue weighted by molar-refractivity contribution is 5.83. The van der Waals surface area contributed by atoms with Crippen LogP contribution in [0.3, 0.4) is 0 Å². The number of alkyl halides is 3. The Balaban J connectivity index is 2.10. The zero-order valence-electron chi connectivity index (χ0n) is 11.6. The quantitative estimate of drug-likeness (QED) is 0.926. The molecule has 0 saturated carbocycles. The molecule has 7 heteroatoms. The van der Waals surface area contributed by atoms with Crippen LogP contribution in [0.4, 0.5) is 13.2 Å². The molecule has 116 valence electrons. The topological polar surface area (TPSA) is 55.6 Å². The molecule has 1 unspecified atom stereocenters. The summed E-state index contributed by atoms with van der Waals surface area (Å²) >= 11 is 0. The van der Waals surface area contributed by atoms with Gasteiger partial charge in [-0.15, -0.1) is 0 Å². The molecule has 0 aromatic heterocycles. The number of rotatable bonds is 3. The number of amides is 1. The minimum Gasteiger partial charge on any atom is -0.367 e. The Morgan fingerprint density at radius 3 is 2.81 bits per heavy atom. The number of nitrogens with zero attached hydrogens (tertiary/aromatic N) is 1. The van der Waals surface area contributed by atoms with E-state index in [1.807, 2.05) is 4.90 Å². The number of primary amides is 1. The molecule has 0 aliphatic carbocycles. The van der Waals surface area contributed by atoms with Gasteiger partial charge in [0.15, 0.2) is 5.60 Å². The van der Waals surface area contributed by atoms with E-state index >= 15 is 0 Å². The predicted octanol–water partition coefficient (Wildman–Crippen LogP) is 1.78. The van der Waals surface area contributed by atoms with E-state index in [4.69, 9.17) is 10.5 Å². The lowest BCUT2D eigenvalue weighted by atomic mass is 10.0. The second-order valence-electron chi connectivity index (χ2n) is 5.35. The van der Waals surface area contributed by atoms with Crippen molar-refractivity contribution in [3.63, 3.8) is 0 Å². The molecule has 21 heavy (non-hydrogen) atoms. The van der Waals surface area contributed by atoms with Crippen molar-refractivity contribution in [2.24, 2.45) is 5.73 Å². The molecule has 1 aromatic rings. The van der Waals surface area contributed by atoms with E-state index in [2.05, 4.69) is 0 Å². The van der Waals surface area contributed by atoms with E-state index in [-0.39, 0.29) is 6.54 Å². The van der Waals surface area contributed by atoms with Crippen LogP contribution in [-0.2, 0) is 22.3 Å². The van der Waals surface area contributed by atoms with Crippen molar-refractivity contribution in [3.8, 4) is 0 Å². The van der Waals surface area contributed by atoms with Crippen LogP contribution in [-0.4, -0.2) is 36.1 Å². The third kappa shape index (κ3) is 3.74. The Bertz CT molecular complexity index is 533. The number of nitrogens with two attached hydrogens (primary N) is 1. The zero-order valence-corrected chi connectivity index (χ0v) is 11.6. The Labute approximate surface area is 120 Å². The molecule has 1 amide bonds. The maximum absolute atomic E-state index is 12.7. The van der Waals surface area contributed by atoms with E-state index in [9.17, 15) is 18.0 Å². The average Bonchev–Trinajstić information content (AvgIpc) is 2.38. The summed E-state index contributed by atoms with van der Waals surface area (Å²) in [4.78, 5) is 13.2. The highest BCUT2D eigenvalue weighted by Crippen LogP contribution is 2.30. The minimum absolute atomic E-state index is 0.262. The van der Waals surface area contributed by atoms with Gasteiger partial charge in [-0.05, 0) is 18.6 Å². The number of hydrogen-bond acceptors (Lipinski definition) is 3. The minimum atomic E-state index is -4.36. The van der Waals surface area contributed by atoms with Crippen molar-refractivity contribution < 1.29 is 22.7 Å². The van der Waals surface area contributed by atoms with Crippen LogP contribution in [0.1, 0.15) is 18.1 Å². The first kappa shape index (κ1) is 15.8. The van der Waals surface area contributed by atoms with Crippen molar-refractivity contribution in [1.29, 1.82) is 0 Å². The predicted molar refractivity (Wildman–Crippen MR) is 70.3 cm³/mol. The second kappa shape index (κ2) is 5.65. The summed E-state index contributed by atoms with van der Waals surface area (Å²) in [6.45, 7) is 3.03. The summed E-state index contributed by atoms with van der Waals surface area (Å²) in [6, 6.07) is 5.17. The standard InChI is InChI=1S/C14H17F3N2O2/c1-13(12(18)20)9-19(5-6-21-13)8-10-3-2-4-11(7-10)14(15,16)17/h2-4,7H,5-6,8-9H2,1H3,(H2,18,20). The first-order valence-electron chi connectivity index (χ1n) is 6.53.